The fraction of sp³-hybridized carbons (Fsp3) is 0.500. The van der Waals surface area contributed by atoms with E-state index in [0.29, 0.717) is 32.3 Å². The molecule has 0 radical (unpaired) electrons. The highest BCUT2D eigenvalue weighted by Crippen LogP contribution is 2.34. The number of nitrogens with one attached hydrogen (secondary N) is 1. The third-order valence-electron chi connectivity index (χ3n) is 3.02. The highest BCUT2D eigenvalue weighted by atomic mass is 16.7. The molecule has 1 aromatic heterocycles. The minimum atomic E-state index is -0.476. The molecule has 1 N–H and O–H groups in total. The summed E-state index contributed by atoms with van der Waals surface area (Å²) in [5.41, 5.74) is 1.70. The quantitative estimate of drug-likeness (QED) is 0.851. The molecule has 0 spiro atoms. The standard InChI is InChI=1S/C14H18N2O4/c1-3-17-14(18-4-2)13-15-9-7-11-12(8-10(9)16-13)20-6-5-19-11/h7-8,14H,3-6H2,1-2H3,(H,15,16). The molecule has 20 heavy (non-hydrogen) atoms. The van der Waals surface area contributed by atoms with Gasteiger partial charge in [-0.05, 0) is 13.8 Å². The Kier molecular flexibility index (Phi) is 3.75. The lowest BCUT2D eigenvalue weighted by Gasteiger charge is -2.17. The molecule has 0 saturated heterocycles. The van der Waals surface area contributed by atoms with Gasteiger partial charge in [0.1, 0.15) is 13.2 Å². The number of H-pyrrole nitrogens is 1. The van der Waals surface area contributed by atoms with Crippen LogP contribution < -0.4 is 9.47 Å². The Morgan fingerprint density at radius 2 is 1.80 bits per heavy atom. The van der Waals surface area contributed by atoms with Crippen LogP contribution in [0, 0.1) is 0 Å². The molecule has 0 fully saturated rings. The summed E-state index contributed by atoms with van der Waals surface area (Å²) >= 11 is 0. The zero-order chi connectivity index (χ0) is 13.9. The molecule has 2 heterocycles. The minimum Gasteiger partial charge on any atom is -0.486 e. The van der Waals surface area contributed by atoms with Crippen LogP contribution in [-0.2, 0) is 9.47 Å². The van der Waals surface area contributed by atoms with Crippen molar-refractivity contribution in [3.63, 3.8) is 0 Å². The Morgan fingerprint density at radius 3 is 2.45 bits per heavy atom. The van der Waals surface area contributed by atoms with Gasteiger partial charge in [-0.25, -0.2) is 4.98 Å². The summed E-state index contributed by atoms with van der Waals surface area (Å²) in [5, 5.41) is 0. The van der Waals surface area contributed by atoms with E-state index in [9.17, 15) is 0 Å². The largest absolute Gasteiger partial charge is 0.486 e. The Balaban J connectivity index is 1.96. The van der Waals surface area contributed by atoms with Crippen molar-refractivity contribution >= 4 is 11.0 Å². The lowest BCUT2D eigenvalue weighted by molar-refractivity contribution is -0.144. The second-order valence-electron chi connectivity index (χ2n) is 4.38. The van der Waals surface area contributed by atoms with Crippen LogP contribution in [0.15, 0.2) is 12.1 Å². The molecule has 0 bridgehead atoms. The Hall–Kier alpha value is -1.79. The molecule has 1 aromatic carbocycles. The lowest BCUT2D eigenvalue weighted by Crippen LogP contribution is -2.15. The Morgan fingerprint density at radius 1 is 1.15 bits per heavy atom. The molecule has 6 heteroatoms. The van der Waals surface area contributed by atoms with Gasteiger partial charge in [0.05, 0.1) is 11.0 Å². The number of aromatic nitrogens is 2. The van der Waals surface area contributed by atoms with E-state index in [1.807, 2.05) is 26.0 Å². The van der Waals surface area contributed by atoms with Crippen LogP contribution in [0.4, 0.5) is 0 Å². The molecule has 0 amide bonds. The van der Waals surface area contributed by atoms with Crippen LogP contribution in [-0.4, -0.2) is 36.4 Å². The molecule has 2 aromatic rings. The first-order valence-electron chi connectivity index (χ1n) is 6.84. The molecule has 0 atom stereocenters. The average Bonchev–Trinajstić information content (AvgIpc) is 2.87. The summed E-state index contributed by atoms with van der Waals surface area (Å²) in [7, 11) is 0. The zero-order valence-electron chi connectivity index (χ0n) is 11.6. The minimum absolute atomic E-state index is 0.476. The van der Waals surface area contributed by atoms with Gasteiger partial charge in [-0.15, -0.1) is 0 Å². The van der Waals surface area contributed by atoms with Gasteiger partial charge in [-0.1, -0.05) is 0 Å². The Bertz CT molecular complexity index is 547. The third-order valence-corrected chi connectivity index (χ3v) is 3.02. The first-order chi connectivity index (χ1) is 9.81. The number of benzene rings is 1. The number of hydrogen-bond acceptors (Lipinski definition) is 5. The van der Waals surface area contributed by atoms with Crippen molar-refractivity contribution in [2.24, 2.45) is 0 Å². The van der Waals surface area contributed by atoms with Crippen molar-refractivity contribution in [1.82, 2.24) is 9.97 Å². The number of fused-ring (bicyclic) bond motifs is 2. The number of imidazole rings is 1. The molecule has 6 nitrogen and oxygen atoms in total. The van der Waals surface area contributed by atoms with E-state index in [1.54, 1.807) is 0 Å². The maximum absolute atomic E-state index is 5.56. The van der Waals surface area contributed by atoms with Gasteiger partial charge in [0.15, 0.2) is 17.3 Å². The summed E-state index contributed by atoms with van der Waals surface area (Å²) < 4.78 is 22.2. The van der Waals surface area contributed by atoms with Crippen molar-refractivity contribution in [2.75, 3.05) is 26.4 Å². The van der Waals surface area contributed by atoms with Crippen LogP contribution >= 0.6 is 0 Å². The fourth-order valence-electron chi connectivity index (χ4n) is 2.19. The van der Waals surface area contributed by atoms with Crippen LogP contribution in [0.25, 0.3) is 11.0 Å². The van der Waals surface area contributed by atoms with Gasteiger partial charge < -0.3 is 23.9 Å². The monoisotopic (exact) mass is 278 g/mol. The highest BCUT2D eigenvalue weighted by Gasteiger charge is 2.19. The van der Waals surface area contributed by atoms with E-state index in [2.05, 4.69) is 9.97 Å². The van der Waals surface area contributed by atoms with Crippen LogP contribution in [0.3, 0.4) is 0 Å². The Labute approximate surface area is 117 Å². The van der Waals surface area contributed by atoms with E-state index in [0.717, 1.165) is 22.5 Å². The van der Waals surface area contributed by atoms with Crippen molar-refractivity contribution in [2.45, 2.75) is 20.1 Å². The predicted octanol–water partition coefficient (Wildman–Crippen LogP) is 2.41. The second kappa shape index (κ2) is 5.68. The molecule has 0 saturated carbocycles. The number of hydrogen-bond donors (Lipinski definition) is 1. The van der Waals surface area contributed by atoms with Crippen molar-refractivity contribution in [1.29, 1.82) is 0 Å². The van der Waals surface area contributed by atoms with Gasteiger partial charge in [-0.3, -0.25) is 0 Å². The maximum Gasteiger partial charge on any atom is 0.217 e. The molecule has 108 valence electrons. The summed E-state index contributed by atoms with van der Waals surface area (Å²) in [5.74, 6) is 2.13. The van der Waals surface area contributed by atoms with Crippen molar-refractivity contribution in [3.8, 4) is 11.5 Å². The van der Waals surface area contributed by atoms with E-state index in [1.165, 1.54) is 0 Å². The normalized spacial score (nSPS) is 14.2. The average molecular weight is 278 g/mol. The van der Waals surface area contributed by atoms with Gasteiger partial charge in [0.25, 0.3) is 0 Å². The van der Waals surface area contributed by atoms with Crippen molar-refractivity contribution in [3.05, 3.63) is 18.0 Å². The molecular weight excluding hydrogens is 260 g/mol. The fourth-order valence-corrected chi connectivity index (χ4v) is 2.19. The molecule has 3 rings (SSSR count). The summed E-state index contributed by atoms with van der Waals surface area (Å²) in [6, 6.07) is 3.77. The first kappa shape index (κ1) is 13.2. The van der Waals surface area contributed by atoms with E-state index >= 15 is 0 Å². The second-order valence-corrected chi connectivity index (χ2v) is 4.38. The predicted molar refractivity (Wildman–Crippen MR) is 73.1 cm³/mol. The number of rotatable bonds is 5. The number of ether oxygens (including phenoxy) is 4. The van der Waals surface area contributed by atoms with Gasteiger partial charge in [0.2, 0.25) is 6.29 Å². The number of aromatic amines is 1. The van der Waals surface area contributed by atoms with E-state index in [4.69, 9.17) is 18.9 Å². The van der Waals surface area contributed by atoms with Gasteiger partial charge >= 0.3 is 0 Å². The topological polar surface area (TPSA) is 65.6 Å². The molecule has 0 aliphatic carbocycles. The van der Waals surface area contributed by atoms with Crippen LogP contribution in [0.5, 0.6) is 11.5 Å². The maximum atomic E-state index is 5.56. The van der Waals surface area contributed by atoms with Gasteiger partial charge in [-0.2, -0.15) is 0 Å². The molecule has 0 unspecified atom stereocenters. The summed E-state index contributed by atoms with van der Waals surface area (Å²) in [6.45, 7) is 6.11. The lowest BCUT2D eigenvalue weighted by atomic mass is 10.2. The van der Waals surface area contributed by atoms with E-state index < -0.39 is 6.29 Å². The van der Waals surface area contributed by atoms with Gasteiger partial charge in [0, 0.05) is 25.3 Å². The number of nitrogens with zero attached hydrogens (tertiary/aromatic N) is 1. The van der Waals surface area contributed by atoms with E-state index in [-0.39, 0.29) is 0 Å². The summed E-state index contributed by atoms with van der Waals surface area (Å²) in [6.07, 6.45) is -0.476. The van der Waals surface area contributed by atoms with Crippen LogP contribution in [0.1, 0.15) is 26.0 Å². The van der Waals surface area contributed by atoms with Crippen molar-refractivity contribution < 1.29 is 18.9 Å². The molecule has 1 aliphatic heterocycles. The smallest absolute Gasteiger partial charge is 0.217 e. The zero-order valence-corrected chi connectivity index (χ0v) is 11.6. The first-order valence-corrected chi connectivity index (χ1v) is 6.84. The highest BCUT2D eigenvalue weighted by molar-refractivity contribution is 5.80. The molecule has 1 aliphatic rings. The molecular formula is C14H18N2O4. The SMILES string of the molecule is CCOC(OCC)c1nc2cc3c(cc2[nH]1)OCCO3. The third kappa shape index (κ3) is 2.44. The van der Waals surface area contributed by atoms with Crippen LogP contribution in [0.2, 0.25) is 0 Å². The summed E-state index contributed by atoms with van der Waals surface area (Å²) in [4.78, 5) is 7.74.